The molecule has 1 N–H and O–H groups in total. The smallest absolute Gasteiger partial charge is 0.328 e. The van der Waals surface area contributed by atoms with E-state index < -0.39 is 5.97 Å². The summed E-state index contributed by atoms with van der Waals surface area (Å²) in [6.07, 6.45) is 5.37. The van der Waals surface area contributed by atoms with Crippen molar-refractivity contribution in [1.82, 2.24) is 14.8 Å². The number of halogens is 1. The number of aliphatic carboxylic acids is 1. The molecule has 2 aromatic rings. The average molecular weight is 250 g/mol. The van der Waals surface area contributed by atoms with E-state index in [2.05, 4.69) is 10.1 Å². The van der Waals surface area contributed by atoms with Crippen molar-refractivity contribution in [2.45, 2.75) is 0 Å². The lowest BCUT2D eigenvalue weighted by Crippen LogP contribution is -1.98. The molecule has 2 rings (SSSR count). The standard InChI is InChI=1S/C11H8ClN3O2/c12-9-2-1-3-10(15-7-13-6-14-15)8(9)4-5-11(16)17/h1-7H,(H,16,17)/b5-4+. The summed E-state index contributed by atoms with van der Waals surface area (Å²) in [6.45, 7) is 0. The molecule has 0 aliphatic carbocycles. The first-order valence-electron chi connectivity index (χ1n) is 4.73. The van der Waals surface area contributed by atoms with Gasteiger partial charge in [0, 0.05) is 16.7 Å². The Morgan fingerprint density at radius 2 is 2.29 bits per heavy atom. The van der Waals surface area contributed by atoms with Crippen LogP contribution in [0, 0.1) is 0 Å². The van der Waals surface area contributed by atoms with E-state index in [9.17, 15) is 4.79 Å². The molecule has 6 heteroatoms. The van der Waals surface area contributed by atoms with Gasteiger partial charge in [0.1, 0.15) is 12.7 Å². The summed E-state index contributed by atoms with van der Waals surface area (Å²) in [5.74, 6) is -1.03. The highest BCUT2D eigenvalue weighted by atomic mass is 35.5. The summed E-state index contributed by atoms with van der Waals surface area (Å²) in [5, 5.41) is 13.1. The van der Waals surface area contributed by atoms with Crippen LogP contribution in [-0.4, -0.2) is 25.8 Å². The van der Waals surface area contributed by atoms with Gasteiger partial charge in [0.05, 0.1) is 5.69 Å². The number of benzene rings is 1. The van der Waals surface area contributed by atoms with Crippen LogP contribution in [0.4, 0.5) is 0 Å². The predicted molar refractivity (Wildman–Crippen MR) is 63.0 cm³/mol. The molecular formula is C11H8ClN3O2. The zero-order chi connectivity index (χ0) is 12.3. The molecular weight excluding hydrogens is 242 g/mol. The molecule has 0 saturated heterocycles. The number of carbonyl (C=O) groups is 1. The highest BCUT2D eigenvalue weighted by Crippen LogP contribution is 2.23. The Labute approximate surface area is 102 Å². The van der Waals surface area contributed by atoms with Crippen molar-refractivity contribution in [2.24, 2.45) is 0 Å². The molecule has 0 amide bonds. The summed E-state index contributed by atoms with van der Waals surface area (Å²) in [5.41, 5.74) is 1.26. The maximum absolute atomic E-state index is 10.5. The van der Waals surface area contributed by atoms with Crippen molar-refractivity contribution in [3.8, 4) is 5.69 Å². The molecule has 5 nitrogen and oxygen atoms in total. The van der Waals surface area contributed by atoms with Crippen LogP contribution in [-0.2, 0) is 4.79 Å². The number of nitrogens with zero attached hydrogens (tertiary/aromatic N) is 3. The zero-order valence-electron chi connectivity index (χ0n) is 8.62. The minimum atomic E-state index is -1.03. The van der Waals surface area contributed by atoms with E-state index in [4.69, 9.17) is 16.7 Å². The van der Waals surface area contributed by atoms with Crippen LogP contribution in [0.2, 0.25) is 5.02 Å². The van der Waals surface area contributed by atoms with Crippen molar-refractivity contribution in [1.29, 1.82) is 0 Å². The second-order valence-corrected chi connectivity index (χ2v) is 3.59. The van der Waals surface area contributed by atoms with Gasteiger partial charge in [0.15, 0.2) is 0 Å². The summed E-state index contributed by atoms with van der Waals surface area (Å²) in [4.78, 5) is 14.3. The molecule has 0 radical (unpaired) electrons. The minimum absolute atomic E-state index is 0.454. The Hall–Kier alpha value is -2.14. The molecule has 86 valence electrons. The molecule has 0 fully saturated rings. The molecule has 1 heterocycles. The Morgan fingerprint density at radius 1 is 1.47 bits per heavy atom. The number of aromatic nitrogens is 3. The maximum Gasteiger partial charge on any atom is 0.328 e. The number of carboxylic acids is 1. The first-order chi connectivity index (χ1) is 8.18. The van der Waals surface area contributed by atoms with Crippen molar-refractivity contribution < 1.29 is 9.90 Å². The normalized spacial score (nSPS) is 10.9. The van der Waals surface area contributed by atoms with E-state index in [1.54, 1.807) is 18.2 Å². The van der Waals surface area contributed by atoms with Gasteiger partial charge < -0.3 is 5.11 Å². The highest BCUT2D eigenvalue weighted by molar-refractivity contribution is 6.32. The monoisotopic (exact) mass is 249 g/mol. The maximum atomic E-state index is 10.5. The summed E-state index contributed by atoms with van der Waals surface area (Å²) in [6, 6.07) is 5.23. The second kappa shape index (κ2) is 4.80. The fraction of sp³-hybridized carbons (Fsp3) is 0. The number of hydrogen-bond donors (Lipinski definition) is 1. The van der Waals surface area contributed by atoms with Gasteiger partial charge in [-0.1, -0.05) is 17.7 Å². The van der Waals surface area contributed by atoms with E-state index in [0.717, 1.165) is 6.08 Å². The molecule has 0 unspecified atom stereocenters. The quantitative estimate of drug-likeness (QED) is 0.845. The average Bonchev–Trinajstić information content (AvgIpc) is 2.80. The molecule has 1 aromatic heterocycles. The van der Waals surface area contributed by atoms with Crippen molar-refractivity contribution >= 4 is 23.6 Å². The van der Waals surface area contributed by atoms with E-state index in [1.807, 2.05) is 0 Å². The minimum Gasteiger partial charge on any atom is -0.478 e. The fourth-order valence-corrected chi connectivity index (χ4v) is 1.61. The van der Waals surface area contributed by atoms with E-state index >= 15 is 0 Å². The largest absolute Gasteiger partial charge is 0.478 e. The van der Waals surface area contributed by atoms with Crippen LogP contribution in [0.3, 0.4) is 0 Å². The summed E-state index contributed by atoms with van der Waals surface area (Å²) in [7, 11) is 0. The van der Waals surface area contributed by atoms with Crippen molar-refractivity contribution in [3.05, 3.63) is 47.5 Å². The van der Waals surface area contributed by atoms with Gasteiger partial charge in [0.25, 0.3) is 0 Å². The number of hydrogen-bond acceptors (Lipinski definition) is 3. The van der Waals surface area contributed by atoms with Crippen LogP contribution in [0.5, 0.6) is 0 Å². The molecule has 0 aliphatic heterocycles. The van der Waals surface area contributed by atoms with E-state index in [0.29, 0.717) is 16.3 Å². The predicted octanol–water partition coefficient (Wildman–Crippen LogP) is 2.02. The molecule has 0 atom stereocenters. The first kappa shape index (κ1) is 11.3. The van der Waals surface area contributed by atoms with Crippen molar-refractivity contribution in [2.75, 3.05) is 0 Å². The van der Waals surface area contributed by atoms with E-state index in [-0.39, 0.29) is 0 Å². The van der Waals surface area contributed by atoms with Crippen LogP contribution >= 0.6 is 11.6 Å². The third kappa shape index (κ3) is 2.51. The SMILES string of the molecule is O=C(O)/C=C/c1c(Cl)cccc1-n1cncn1. The van der Waals surface area contributed by atoms with Gasteiger partial charge >= 0.3 is 5.97 Å². The van der Waals surface area contributed by atoms with Crippen LogP contribution < -0.4 is 0 Å². The summed E-state index contributed by atoms with van der Waals surface area (Å²) >= 11 is 6.02. The lowest BCUT2D eigenvalue weighted by molar-refractivity contribution is -0.131. The van der Waals surface area contributed by atoms with Gasteiger partial charge in [-0.3, -0.25) is 0 Å². The first-order valence-corrected chi connectivity index (χ1v) is 5.11. The summed E-state index contributed by atoms with van der Waals surface area (Å²) < 4.78 is 1.52. The Balaban J connectivity index is 2.53. The lowest BCUT2D eigenvalue weighted by atomic mass is 10.1. The van der Waals surface area contributed by atoms with Gasteiger partial charge in [-0.05, 0) is 18.2 Å². The van der Waals surface area contributed by atoms with Crippen molar-refractivity contribution in [3.63, 3.8) is 0 Å². The Bertz CT molecular complexity index is 564. The molecule has 17 heavy (non-hydrogen) atoms. The van der Waals surface area contributed by atoms with Gasteiger partial charge in [-0.2, -0.15) is 5.10 Å². The van der Waals surface area contributed by atoms with Gasteiger partial charge in [0.2, 0.25) is 0 Å². The molecule has 1 aromatic carbocycles. The topological polar surface area (TPSA) is 68.0 Å². The number of carboxylic acid groups (broad SMARTS) is 1. The highest BCUT2D eigenvalue weighted by Gasteiger charge is 2.06. The molecule has 0 spiro atoms. The van der Waals surface area contributed by atoms with Gasteiger partial charge in [-0.15, -0.1) is 0 Å². The van der Waals surface area contributed by atoms with Crippen LogP contribution in [0.1, 0.15) is 5.56 Å². The zero-order valence-corrected chi connectivity index (χ0v) is 9.37. The van der Waals surface area contributed by atoms with Crippen LogP contribution in [0.25, 0.3) is 11.8 Å². The van der Waals surface area contributed by atoms with Crippen LogP contribution in [0.15, 0.2) is 36.9 Å². The van der Waals surface area contributed by atoms with Gasteiger partial charge in [-0.25, -0.2) is 14.5 Å². The Morgan fingerprint density at radius 3 is 2.94 bits per heavy atom. The number of rotatable bonds is 3. The lowest BCUT2D eigenvalue weighted by Gasteiger charge is -2.06. The third-order valence-corrected chi connectivity index (χ3v) is 2.42. The third-order valence-electron chi connectivity index (χ3n) is 2.09. The molecule has 0 bridgehead atoms. The fourth-order valence-electron chi connectivity index (χ4n) is 1.38. The molecule has 0 aliphatic rings. The second-order valence-electron chi connectivity index (χ2n) is 3.18. The van der Waals surface area contributed by atoms with E-state index in [1.165, 1.54) is 23.4 Å². The molecule has 0 saturated carbocycles. The Kier molecular flexibility index (Phi) is 3.20.